The molecular weight excluding hydrogens is 354 g/mol. The van der Waals surface area contributed by atoms with Gasteiger partial charge in [0, 0.05) is 37.2 Å². The number of nitrogens with zero attached hydrogens (tertiary/aromatic N) is 3. The molecule has 27 heavy (non-hydrogen) atoms. The van der Waals surface area contributed by atoms with Crippen LogP contribution in [-0.4, -0.2) is 34.1 Å². The first-order valence-corrected chi connectivity index (χ1v) is 11.0. The van der Waals surface area contributed by atoms with Crippen LogP contribution in [0.1, 0.15) is 54.1 Å². The minimum Gasteiger partial charge on any atom is -0.370 e. The van der Waals surface area contributed by atoms with E-state index in [4.69, 9.17) is 9.72 Å². The first-order valence-electron chi connectivity index (χ1n) is 10.1. The van der Waals surface area contributed by atoms with Gasteiger partial charge < -0.3 is 9.30 Å². The summed E-state index contributed by atoms with van der Waals surface area (Å²) in [6.07, 6.45) is 4.78. The Balaban J connectivity index is 1.38. The molecular formula is C22H27N3OS. The summed E-state index contributed by atoms with van der Waals surface area (Å²) in [5, 5.41) is 2.21. The summed E-state index contributed by atoms with van der Waals surface area (Å²) in [6, 6.07) is 11.3. The van der Waals surface area contributed by atoms with Crippen molar-refractivity contribution in [1.82, 2.24) is 14.5 Å². The fourth-order valence-corrected chi connectivity index (χ4v) is 5.51. The van der Waals surface area contributed by atoms with Gasteiger partial charge in [-0.2, -0.15) is 0 Å². The molecule has 1 unspecified atom stereocenters. The summed E-state index contributed by atoms with van der Waals surface area (Å²) < 4.78 is 8.53. The molecule has 2 fully saturated rings. The summed E-state index contributed by atoms with van der Waals surface area (Å²) in [5.74, 6) is 1.15. The number of imidazole rings is 1. The zero-order valence-corrected chi connectivity index (χ0v) is 16.8. The van der Waals surface area contributed by atoms with Crippen molar-refractivity contribution in [1.29, 1.82) is 0 Å². The molecule has 5 rings (SSSR count). The number of hydrogen-bond acceptors (Lipinski definition) is 4. The van der Waals surface area contributed by atoms with Gasteiger partial charge >= 0.3 is 0 Å². The van der Waals surface area contributed by atoms with Crippen LogP contribution in [0, 0.1) is 6.92 Å². The van der Waals surface area contributed by atoms with Crippen molar-refractivity contribution in [3.8, 4) is 0 Å². The number of rotatable bonds is 4. The van der Waals surface area contributed by atoms with E-state index in [1.54, 1.807) is 0 Å². The van der Waals surface area contributed by atoms with Crippen molar-refractivity contribution in [2.45, 2.75) is 51.3 Å². The number of piperidine rings is 1. The lowest BCUT2D eigenvalue weighted by atomic mass is 10.0. The zero-order chi connectivity index (χ0) is 18.2. The van der Waals surface area contributed by atoms with Crippen molar-refractivity contribution in [2.24, 2.45) is 0 Å². The fraction of sp³-hybridized carbons (Fsp3) is 0.500. The molecule has 2 saturated heterocycles. The second kappa shape index (κ2) is 7.38. The smallest absolute Gasteiger partial charge is 0.139 e. The molecule has 5 heteroatoms. The molecule has 2 aromatic heterocycles. The van der Waals surface area contributed by atoms with Gasteiger partial charge in [-0.25, -0.2) is 4.98 Å². The van der Waals surface area contributed by atoms with Gasteiger partial charge in [-0.1, -0.05) is 12.1 Å². The first-order chi connectivity index (χ1) is 13.3. The van der Waals surface area contributed by atoms with Gasteiger partial charge in [-0.3, -0.25) is 4.90 Å². The molecule has 1 atom stereocenters. The highest BCUT2D eigenvalue weighted by atomic mass is 32.1. The molecule has 0 N–H and O–H groups in total. The maximum Gasteiger partial charge on any atom is 0.139 e. The summed E-state index contributed by atoms with van der Waals surface area (Å²) in [4.78, 5) is 9.11. The highest BCUT2D eigenvalue weighted by Crippen LogP contribution is 2.36. The molecule has 142 valence electrons. The number of ether oxygens (including phenoxy) is 1. The molecule has 0 aliphatic carbocycles. The van der Waals surface area contributed by atoms with E-state index in [2.05, 4.69) is 52.1 Å². The summed E-state index contributed by atoms with van der Waals surface area (Å²) in [7, 11) is 0. The van der Waals surface area contributed by atoms with Crippen molar-refractivity contribution in [3.05, 3.63) is 52.0 Å². The highest BCUT2D eigenvalue weighted by molar-refractivity contribution is 7.10. The molecule has 0 saturated carbocycles. The third-order valence-electron chi connectivity index (χ3n) is 6.10. The maximum atomic E-state index is 6.01. The largest absolute Gasteiger partial charge is 0.370 e. The fourth-order valence-electron chi connectivity index (χ4n) is 4.56. The molecule has 4 heterocycles. The zero-order valence-electron chi connectivity index (χ0n) is 15.9. The lowest BCUT2D eigenvalue weighted by Gasteiger charge is -2.34. The van der Waals surface area contributed by atoms with Crippen LogP contribution in [0.5, 0.6) is 0 Å². The monoisotopic (exact) mass is 381 g/mol. The van der Waals surface area contributed by atoms with E-state index < -0.39 is 0 Å². The van der Waals surface area contributed by atoms with E-state index in [9.17, 15) is 0 Å². The Morgan fingerprint density at radius 1 is 1.15 bits per heavy atom. The van der Waals surface area contributed by atoms with Crippen molar-refractivity contribution < 1.29 is 4.74 Å². The number of likely N-dealkylation sites (tertiary alicyclic amines) is 1. The molecule has 2 aliphatic rings. The second-order valence-electron chi connectivity index (χ2n) is 7.86. The predicted octanol–water partition coefficient (Wildman–Crippen LogP) is 5.09. The van der Waals surface area contributed by atoms with Crippen LogP contribution in [0.2, 0.25) is 0 Å². The quantitative estimate of drug-likeness (QED) is 0.630. The number of fused-ring (bicyclic) bond motifs is 1. The van der Waals surface area contributed by atoms with Gasteiger partial charge in [0.05, 0.1) is 11.0 Å². The Morgan fingerprint density at radius 2 is 2.00 bits per heavy atom. The Labute approximate surface area is 164 Å². The van der Waals surface area contributed by atoms with E-state index in [0.717, 1.165) is 50.4 Å². The number of para-hydroxylation sites is 2. The Hall–Kier alpha value is -1.69. The van der Waals surface area contributed by atoms with E-state index in [1.165, 1.54) is 28.8 Å². The minimum atomic E-state index is 0.171. The predicted molar refractivity (Wildman–Crippen MR) is 110 cm³/mol. The molecule has 2 aliphatic heterocycles. The Morgan fingerprint density at radius 3 is 2.74 bits per heavy atom. The summed E-state index contributed by atoms with van der Waals surface area (Å²) in [5.41, 5.74) is 3.82. The van der Waals surface area contributed by atoms with E-state index >= 15 is 0 Å². The standard InChI is InChI=1S/C22H27N3OS/c1-16-10-14-27-21(16)15-24-11-8-17(9-12-24)25-19-6-3-2-5-18(19)23-22(25)20-7-4-13-26-20/h2-3,5-6,10,14,17,20H,4,7-9,11-13,15H2,1H3. The van der Waals surface area contributed by atoms with Gasteiger partial charge in [0.15, 0.2) is 0 Å². The lowest BCUT2D eigenvalue weighted by molar-refractivity contribution is 0.0971. The van der Waals surface area contributed by atoms with Gasteiger partial charge in [0.1, 0.15) is 11.9 Å². The highest BCUT2D eigenvalue weighted by Gasteiger charge is 2.29. The van der Waals surface area contributed by atoms with E-state index in [0.29, 0.717) is 6.04 Å². The second-order valence-corrected chi connectivity index (χ2v) is 8.87. The van der Waals surface area contributed by atoms with Crippen LogP contribution >= 0.6 is 11.3 Å². The third-order valence-corrected chi connectivity index (χ3v) is 7.11. The first kappa shape index (κ1) is 17.4. The third kappa shape index (κ3) is 3.33. The maximum absolute atomic E-state index is 6.01. The average molecular weight is 382 g/mol. The van der Waals surface area contributed by atoms with Gasteiger partial charge in [-0.05, 0) is 61.7 Å². The number of hydrogen-bond donors (Lipinski definition) is 0. The average Bonchev–Trinajstić information content (AvgIpc) is 3.42. The Kier molecular flexibility index (Phi) is 4.76. The van der Waals surface area contributed by atoms with Crippen LogP contribution in [-0.2, 0) is 11.3 Å². The number of thiophene rings is 1. The molecule has 0 amide bonds. The number of aromatic nitrogens is 2. The van der Waals surface area contributed by atoms with Crippen molar-refractivity contribution in [3.63, 3.8) is 0 Å². The van der Waals surface area contributed by atoms with Crippen LogP contribution in [0.15, 0.2) is 35.7 Å². The summed E-state index contributed by atoms with van der Waals surface area (Å²) in [6.45, 7) is 6.50. The molecule has 1 aromatic carbocycles. The van der Waals surface area contributed by atoms with Crippen LogP contribution < -0.4 is 0 Å². The molecule has 0 radical (unpaired) electrons. The number of benzene rings is 1. The summed E-state index contributed by atoms with van der Waals surface area (Å²) >= 11 is 1.89. The normalized spacial score (nSPS) is 22.0. The van der Waals surface area contributed by atoms with Crippen LogP contribution in [0.3, 0.4) is 0 Å². The van der Waals surface area contributed by atoms with Crippen molar-refractivity contribution in [2.75, 3.05) is 19.7 Å². The van der Waals surface area contributed by atoms with Gasteiger partial charge in [-0.15, -0.1) is 11.3 Å². The molecule has 0 spiro atoms. The SMILES string of the molecule is Cc1ccsc1CN1CCC(n2c(C3CCCO3)nc3ccccc32)CC1. The van der Waals surface area contributed by atoms with Crippen LogP contribution in [0.25, 0.3) is 11.0 Å². The molecule has 3 aromatic rings. The number of aryl methyl sites for hydroxylation is 1. The Bertz CT molecular complexity index is 917. The van der Waals surface area contributed by atoms with Gasteiger partial charge in [0.2, 0.25) is 0 Å². The van der Waals surface area contributed by atoms with Crippen LogP contribution in [0.4, 0.5) is 0 Å². The van der Waals surface area contributed by atoms with Crippen molar-refractivity contribution >= 4 is 22.4 Å². The topological polar surface area (TPSA) is 30.3 Å². The van der Waals surface area contributed by atoms with E-state index in [1.807, 2.05) is 11.3 Å². The molecule has 4 nitrogen and oxygen atoms in total. The van der Waals surface area contributed by atoms with Gasteiger partial charge in [0.25, 0.3) is 0 Å². The van der Waals surface area contributed by atoms with E-state index in [-0.39, 0.29) is 6.10 Å². The lowest BCUT2D eigenvalue weighted by Crippen LogP contribution is -2.34. The molecule has 0 bridgehead atoms. The minimum absolute atomic E-state index is 0.171.